The van der Waals surface area contributed by atoms with Gasteiger partial charge in [-0.1, -0.05) is 43.3 Å². The lowest BCUT2D eigenvalue weighted by molar-refractivity contribution is -0.127. The highest BCUT2D eigenvalue weighted by Gasteiger charge is 2.15. The average molecular weight is 329 g/mol. The Balaban J connectivity index is 1.74. The van der Waals surface area contributed by atoms with Gasteiger partial charge >= 0.3 is 0 Å². The number of hydrogen-bond acceptors (Lipinski definition) is 3. The Morgan fingerprint density at radius 2 is 1.83 bits per heavy atom. The van der Waals surface area contributed by atoms with E-state index in [1.165, 1.54) is 4.90 Å². The number of carbonyl (C=O) groups is 1. The highest BCUT2D eigenvalue weighted by Crippen LogP contribution is 2.20. The van der Waals surface area contributed by atoms with E-state index in [2.05, 4.69) is 24.4 Å². The Morgan fingerprint density at radius 1 is 1.13 bits per heavy atom. The SMILES string of the molecule is CCc1ccccc1O[C@H](C)C(=O)NCCSc1ccccc1. The fraction of sp³-hybridized carbons (Fsp3) is 0.316. The third kappa shape index (κ3) is 5.64. The van der Waals surface area contributed by atoms with Crippen molar-refractivity contribution in [3.05, 3.63) is 60.2 Å². The third-order valence-corrected chi connectivity index (χ3v) is 4.45. The molecule has 0 heterocycles. The van der Waals surface area contributed by atoms with Gasteiger partial charge < -0.3 is 10.1 Å². The summed E-state index contributed by atoms with van der Waals surface area (Å²) in [6, 6.07) is 18.0. The molecule has 3 nitrogen and oxygen atoms in total. The number of rotatable bonds is 8. The second-order valence-electron chi connectivity index (χ2n) is 5.17. The standard InChI is InChI=1S/C19H23NO2S/c1-3-16-9-7-8-12-18(16)22-15(2)19(21)20-13-14-23-17-10-5-4-6-11-17/h4-12,15H,3,13-14H2,1-2H3,(H,20,21)/t15-/m1/s1. The zero-order chi connectivity index (χ0) is 16.5. The molecular weight excluding hydrogens is 306 g/mol. The average Bonchev–Trinajstić information content (AvgIpc) is 2.60. The van der Waals surface area contributed by atoms with Crippen molar-refractivity contribution in [3.8, 4) is 5.75 Å². The van der Waals surface area contributed by atoms with Gasteiger partial charge in [-0.05, 0) is 37.1 Å². The van der Waals surface area contributed by atoms with E-state index in [-0.39, 0.29) is 5.91 Å². The Hall–Kier alpha value is -1.94. The predicted molar refractivity (Wildman–Crippen MR) is 96.1 cm³/mol. The van der Waals surface area contributed by atoms with Crippen molar-refractivity contribution in [1.82, 2.24) is 5.32 Å². The summed E-state index contributed by atoms with van der Waals surface area (Å²) in [5.74, 6) is 1.55. The van der Waals surface area contributed by atoms with Gasteiger partial charge in [-0.25, -0.2) is 0 Å². The summed E-state index contributed by atoms with van der Waals surface area (Å²) in [6.45, 7) is 4.49. The van der Waals surface area contributed by atoms with Crippen molar-refractivity contribution in [2.75, 3.05) is 12.3 Å². The molecule has 23 heavy (non-hydrogen) atoms. The molecule has 1 N–H and O–H groups in total. The number of aryl methyl sites for hydroxylation is 1. The first-order valence-electron chi connectivity index (χ1n) is 7.91. The molecule has 1 amide bonds. The van der Waals surface area contributed by atoms with Crippen molar-refractivity contribution in [2.45, 2.75) is 31.3 Å². The molecule has 0 saturated heterocycles. The van der Waals surface area contributed by atoms with Gasteiger partial charge in [-0.3, -0.25) is 4.79 Å². The molecule has 0 bridgehead atoms. The van der Waals surface area contributed by atoms with Crippen LogP contribution in [0.2, 0.25) is 0 Å². The summed E-state index contributed by atoms with van der Waals surface area (Å²) in [5, 5.41) is 2.93. The molecule has 0 aromatic heterocycles. The number of para-hydroxylation sites is 1. The van der Waals surface area contributed by atoms with Crippen molar-refractivity contribution in [3.63, 3.8) is 0 Å². The van der Waals surface area contributed by atoms with E-state index in [0.717, 1.165) is 23.5 Å². The highest BCUT2D eigenvalue weighted by atomic mass is 32.2. The van der Waals surface area contributed by atoms with E-state index in [0.29, 0.717) is 6.54 Å². The van der Waals surface area contributed by atoms with Crippen LogP contribution in [-0.4, -0.2) is 24.3 Å². The van der Waals surface area contributed by atoms with Crippen LogP contribution in [0.1, 0.15) is 19.4 Å². The van der Waals surface area contributed by atoms with Crippen LogP contribution in [0.15, 0.2) is 59.5 Å². The van der Waals surface area contributed by atoms with Crippen LogP contribution in [0, 0.1) is 0 Å². The van der Waals surface area contributed by atoms with Crippen molar-refractivity contribution in [2.24, 2.45) is 0 Å². The van der Waals surface area contributed by atoms with Crippen molar-refractivity contribution < 1.29 is 9.53 Å². The van der Waals surface area contributed by atoms with E-state index in [9.17, 15) is 4.79 Å². The van der Waals surface area contributed by atoms with E-state index < -0.39 is 6.10 Å². The number of carbonyl (C=O) groups excluding carboxylic acids is 1. The summed E-state index contributed by atoms with van der Waals surface area (Å²) >= 11 is 1.73. The number of ether oxygens (including phenoxy) is 1. The maximum absolute atomic E-state index is 12.1. The number of amides is 1. The molecule has 0 radical (unpaired) electrons. The first-order valence-corrected chi connectivity index (χ1v) is 8.89. The molecule has 0 unspecified atom stereocenters. The molecule has 2 rings (SSSR count). The van der Waals surface area contributed by atoms with E-state index in [4.69, 9.17) is 4.74 Å². The van der Waals surface area contributed by atoms with Gasteiger partial charge in [0.1, 0.15) is 5.75 Å². The van der Waals surface area contributed by atoms with Crippen LogP contribution in [0.4, 0.5) is 0 Å². The van der Waals surface area contributed by atoms with Crippen LogP contribution in [0.5, 0.6) is 5.75 Å². The van der Waals surface area contributed by atoms with Crippen LogP contribution in [0.25, 0.3) is 0 Å². The Kier molecular flexibility index (Phi) is 7.01. The second-order valence-corrected chi connectivity index (χ2v) is 6.34. The Morgan fingerprint density at radius 3 is 2.57 bits per heavy atom. The summed E-state index contributed by atoms with van der Waals surface area (Å²) in [6.07, 6.45) is 0.391. The van der Waals surface area contributed by atoms with Gasteiger partial charge in [-0.15, -0.1) is 11.8 Å². The van der Waals surface area contributed by atoms with Crippen molar-refractivity contribution in [1.29, 1.82) is 0 Å². The molecule has 0 spiro atoms. The van der Waals surface area contributed by atoms with Gasteiger partial charge in [0.05, 0.1) is 0 Å². The predicted octanol–water partition coefficient (Wildman–Crippen LogP) is 3.92. The third-order valence-electron chi connectivity index (χ3n) is 3.44. The van der Waals surface area contributed by atoms with Crippen molar-refractivity contribution >= 4 is 17.7 Å². The fourth-order valence-corrected chi connectivity index (χ4v) is 2.95. The molecular formula is C19H23NO2S. The van der Waals surface area contributed by atoms with E-state index >= 15 is 0 Å². The summed E-state index contributed by atoms with van der Waals surface area (Å²) in [5.41, 5.74) is 1.12. The lowest BCUT2D eigenvalue weighted by atomic mass is 10.1. The van der Waals surface area contributed by atoms with Crippen LogP contribution in [0.3, 0.4) is 0 Å². The number of nitrogens with one attached hydrogen (secondary N) is 1. The Bertz CT molecular complexity index is 616. The fourth-order valence-electron chi connectivity index (χ4n) is 2.16. The number of thioether (sulfide) groups is 1. The first kappa shape index (κ1) is 17.4. The van der Waals surface area contributed by atoms with Gasteiger partial charge in [0.2, 0.25) is 0 Å². The molecule has 1 atom stereocenters. The van der Waals surface area contributed by atoms with Gasteiger partial charge in [-0.2, -0.15) is 0 Å². The van der Waals surface area contributed by atoms with E-state index in [1.54, 1.807) is 18.7 Å². The summed E-state index contributed by atoms with van der Waals surface area (Å²) < 4.78 is 5.79. The highest BCUT2D eigenvalue weighted by molar-refractivity contribution is 7.99. The summed E-state index contributed by atoms with van der Waals surface area (Å²) in [4.78, 5) is 13.3. The normalized spacial score (nSPS) is 11.7. The minimum absolute atomic E-state index is 0.0791. The largest absolute Gasteiger partial charge is 0.481 e. The molecule has 0 aliphatic heterocycles. The van der Waals surface area contributed by atoms with Gasteiger partial charge in [0.15, 0.2) is 6.10 Å². The quantitative estimate of drug-likeness (QED) is 0.589. The van der Waals surface area contributed by atoms with Crippen LogP contribution < -0.4 is 10.1 Å². The molecule has 2 aromatic rings. The molecule has 122 valence electrons. The monoisotopic (exact) mass is 329 g/mol. The van der Waals surface area contributed by atoms with Gasteiger partial charge in [0.25, 0.3) is 5.91 Å². The molecule has 0 fully saturated rings. The molecule has 0 aliphatic carbocycles. The number of hydrogen-bond donors (Lipinski definition) is 1. The molecule has 0 aliphatic rings. The maximum Gasteiger partial charge on any atom is 0.260 e. The topological polar surface area (TPSA) is 38.3 Å². The molecule has 0 saturated carbocycles. The zero-order valence-corrected chi connectivity index (χ0v) is 14.4. The first-order chi connectivity index (χ1) is 11.2. The van der Waals surface area contributed by atoms with Crippen LogP contribution >= 0.6 is 11.8 Å². The second kappa shape index (κ2) is 9.26. The molecule has 2 aromatic carbocycles. The van der Waals surface area contributed by atoms with Gasteiger partial charge in [0, 0.05) is 17.2 Å². The van der Waals surface area contributed by atoms with Crippen LogP contribution in [-0.2, 0) is 11.2 Å². The molecule has 4 heteroatoms. The lowest BCUT2D eigenvalue weighted by Crippen LogP contribution is -2.37. The minimum atomic E-state index is -0.496. The lowest BCUT2D eigenvalue weighted by Gasteiger charge is -2.16. The van der Waals surface area contributed by atoms with E-state index in [1.807, 2.05) is 42.5 Å². The minimum Gasteiger partial charge on any atom is -0.481 e. The Labute approximate surface area is 142 Å². The zero-order valence-electron chi connectivity index (χ0n) is 13.6. The summed E-state index contributed by atoms with van der Waals surface area (Å²) in [7, 11) is 0. The smallest absolute Gasteiger partial charge is 0.260 e. The number of benzene rings is 2. The maximum atomic E-state index is 12.1.